The molecule has 0 heterocycles. The van der Waals surface area contributed by atoms with Crippen LogP contribution in [0.15, 0.2) is 0 Å². The monoisotopic (exact) mass is 152 g/mol. The summed E-state index contributed by atoms with van der Waals surface area (Å²) in [6.45, 7) is 1.40. The Labute approximate surface area is 66.9 Å². The van der Waals surface area contributed by atoms with E-state index in [4.69, 9.17) is 11.2 Å². The second-order valence-corrected chi connectivity index (χ2v) is 2.94. The third-order valence-corrected chi connectivity index (χ3v) is 2.01. The molecule has 2 heteroatoms. The van der Waals surface area contributed by atoms with E-state index in [9.17, 15) is 4.79 Å². The van der Waals surface area contributed by atoms with Gasteiger partial charge in [-0.15, -0.1) is 6.42 Å². The van der Waals surface area contributed by atoms with E-state index in [1.54, 1.807) is 0 Å². The first-order chi connectivity index (χ1) is 5.18. The van der Waals surface area contributed by atoms with Crippen LogP contribution in [0.25, 0.3) is 0 Å². The van der Waals surface area contributed by atoms with Gasteiger partial charge in [-0.3, -0.25) is 4.79 Å². The topological polar surface area (TPSA) is 26.3 Å². The van der Waals surface area contributed by atoms with Gasteiger partial charge in [0.05, 0.1) is 0 Å². The Morgan fingerprint density at radius 1 is 1.55 bits per heavy atom. The van der Waals surface area contributed by atoms with Gasteiger partial charge >= 0.3 is 5.97 Å². The van der Waals surface area contributed by atoms with Gasteiger partial charge in [0, 0.05) is 6.92 Å². The summed E-state index contributed by atoms with van der Waals surface area (Å²) >= 11 is 0. The molecule has 0 unspecified atom stereocenters. The molecule has 1 aliphatic carbocycles. The van der Waals surface area contributed by atoms with Gasteiger partial charge in [-0.05, 0) is 25.7 Å². The van der Waals surface area contributed by atoms with Gasteiger partial charge in [0.2, 0.25) is 0 Å². The zero-order valence-corrected chi connectivity index (χ0v) is 6.72. The fourth-order valence-corrected chi connectivity index (χ4v) is 1.50. The normalized spacial score (nSPS) is 20.7. The summed E-state index contributed by atoms with van der Waals surface area (Å²) in [6, 6.07) is 0. The lowest BCUT2D eigenvalue weighted by Gasteiger charge is -2.21. The summed E-state index contributed by atoms with van der Waals surface area (Å²) in [5, 5.41) is 0. The first-order valence-corrected chi connectivity index (χ1v) is 3.86. The van der Waals surface area contributed by atoms with Crippen molar-refractivity contribution in [1.29, 1.82) is 0 Å². The van der Waals surface area contributed by atoms with Crippen LogP contribution in [0.5, 0.6) is 0 Å². The van der Waals surface area contributed by atoms with E-state index in [1.807, 2.05) is 0 Å². The average molecular weight is 152 g/mol. The molecule has 0 aliphatic heterocycles. The molecule has 11 heavy (non-hydrogen) atoms. The maximum Gasteiger partial charge on any atom is 0.304 e. The van der Waals surface area contributed by atoms with Gasteiger partial charge in [0.15, 0.2) is 5.60 Å². The predicted molar refractivity (Wildman–Crippen MR) is 41.8 cm³/mol. The fraction of sp³-hybridized carbons (Fsp3) is 0.667. The molecule has 0 N–H and O–H groups in total. The second kappa shape index (κ2) is 2.96. The SMILES string of the molecule is C#CC1(OC(C)=O)CCCC1. The maximum atomic E-state index is 10.6. The molecule has 0 amide bonds. The molecule has 0 saturated heterocycles. The summed E-state index contributed by atoms with van der Waals surface area (Å²) in [4.78, 5) is 10.6. The van der Waals surface area contributed by atoms with Crippen LogP contribution in [0.1, 0.15) is 32.6 Å². The van der Waals surface area contributed by atoms with Crippen LogP contribution in [0.2, 0.25) is 0 Å². The number of rotatable bonds is 1. The Kier molecular flexibility index (Phi) is 2.19. The van der Waals surface area contributed by atoms with Crippen molar-refractivity contribution in [3.63, 3.8) is 0 Å². The second-order valence-electron chi connectivity index (χ2n) is 2.94. The Morgan fingerprint density at radius 2 is 2.09 bits per heavy atom. The molecule has 2 nitrogen and oxygen atoms in total. The minimum atomic E-state index is -0.564. The van der Waals surface area contributed by atoms with Crippen LogP contribution in [-0.4, -0.2) is 11.6 Å². The van der Waals surface area contributed by atoms with Crippen LogP contribution < -0.4 is 0 Å². The van der Waals surface area contributed by atoms with Crippen LogP contribution in [0.3, 0.4) is 0 Å². The highest BCUT2D eigenvalue weighted by Gasteiger charge is 2.34. The van der Waals surface area contributed by atoms with E-state index in [-0.39, 0.29) is 5.97 Å². The van der Waals surface area contributed by atoms with E-state index in [0.29, 0.717) is 0 Å². The predicted octanol–water partition coefficient (Wildman–Crippen LogP) is 1.50. The lowest BCUT2D eigenvalue weighted by Crippen LogP contribution is -2.28. The third-order valence-electron chi connectivity index (χ3n) is 2.01. The van der Waals surface area contributed by atoms with Crippen LogP contribution >= 0.6 is 0 Å². The van der Waals surface area contributed by atoms with E-state index in [1.165, 1.54) is 6.92 Å². The Bertz CT molecular complexity index is 194. The summed E-state index contributed by atoms with van der Waals surface area (Å²) in [5.41, 5.74) is -0.564. The minimum absolute atomic E-state index is 0.273. The number of esters is 1. The van der Waals surface area contributed by atoms with Crippen molar-refractivity contribution >= 4 is 5.97 Å². The Hall–Kier alpha value is -0.970. The van der Waals surface area contributed by atoms with Crippen LogP contribution in [0, 0.1) is 12.3 Å². The van der Waals surface area contributed by atoms with Crippen molar-refractivity contribution in [2.24, 2.45) is 0 Å². The lowest BCUT2D eigenvalue weighted by atomic mass is 10.0. The molecular weight excluding hydrogens is 140 g/mol. The zero-order valence-electron chi connectivity index (χ0n) is 6.72. The first-order valence-electron chi connectivity index (χ1n) is 3.86. The van der Waals surface area contributed by atoms with Crippen LogP contribution in [-0.2, 0) is 9.53 Å². The third kappa shape index (κ3) is 1.74. The molecule has 1 fully saturated rings. The Morgan fingerprint density at radius 3 is 2.45 bits per heavy atom. The van der Waals surface area contributed by atoms with Crippen molar-refractivity contribution in [3.8, 4) is 12.3 Å². The molecule has 0 spiro atoms. The van der Waals surface area contributed by atoms with Gasteiger partial charge in [0.25, 0.3) is 0 Å². The van der Waals surface area contributed by atoms with Crippen molar-refractivity contribution in [3.05, 3.63) is 0 Å². The largest absolute Gasteiger partial charge is 0.446 e. The summed E-state index contributed by atoms with van der Waals surface area (Å²) in [7, 11) is 0. The molecule has 1 rings (SSSR count). The molecule has 1 aliphatic rings. The summed E-state index contributed by atoms with van der Waals surface area (Å²) in [6.07, 6.45) is 9.07. The highest BCUT2D eigenvalue weighted by atomic mass is 16.6. The standard InChI is InChI=1S/C9H12O2/c1-3-9(11-8(2)10)6-4-5-7-9/h1H,4-7H2,2H3. The average Bonchev–Trinajstić information content (AvgIpc) is 2.36. The van der Waals surface area contributed by atoms with Crippen molar-refractivity contribution in [2.75, 3.05) is 0 Å². The molecule has 0 aromatic rings. The van der Waals surface area contributed by atoms with Crippen LogP contribution in [0.4, 0.5) is 0 Å². The number of carbonyl (C=O) groups is 1. The number of hydrogen-bond acceptors (Lipinski definition) is 2. The van der Waals surface area contributed by atoms with Gasteiger partial charge in [-0.1, -0.05) is 5.92 Å². The van der Waals surface area contributed by atoms with Gasteiger partial charge in [-0.2, -0.15) is 0 Å². The molecule has 0 atom stereocenters. The minimum Gasteiger partial charge on any atom is -0.446 e. The number of terminal acetylenes is 1. The highest BCUT2D eigenvalue weighted by Crippen LogP contribution is 2.32. The highest BCUT2D eigenvalue weighted by molar-refractivity contribution is 5.67. The van der Waals surface area contributed by atoms with Crippen molar-refractivity contribution in [1.82, 2.24) is 0 Å². The number of ether oxygens (including phenoxy) is 1. The molecule has 1 saturated carbocycles. The van der Waals surface area contributed by atoms with E-state index in [2.05, 4.69) is 5.92 Å². The smallest absolute Gasteiger partial charge is 0.304 e. The molecule has 0 aromatic heterocycles. The maximum absolute atomic E-state index is 10.6. The molecule has 0 aromatic carbocycles. The van der Waals surface area contributed by atoms with E-state index < -0.39 is 5.60 Å². The van der Waals surface area contributed by atoms with Crippen molar-refractivity contribution < 1.29 is 9.53 Å². The Balaban J connectivity index is 2.61. The molecule has 0 radical (unpaired) electrons. The molecular formula is C9H12O2. The van der Waals surface area contributed by atoms with Gasteiger partial charge in [-0.25, -0.2) is 0 Å². The number of hydrogen-bond donors (Lipinski definition) is 0. The van der Waals surface area contributed by atoms with E-state index in [0.717, 1.165) is 25.7 Å². The summed E-state index contributed by atoms with van der Waals surface area (Å²) in [5.74, 6) is 2.29. The van der Waals surface area contributed by atoms with Gasteiger partial charge in [0.1, 0.15) is 0 Å². The zero-order chi connectivity index (χ0) is 8.32. The number of carbonyl (C=O) groups excluding carboxylic acids is 1. The molecule has 0 bridgehead atoms. The first kappa shape index (κ1) is 8.13. The quantitative estimate of drug-likeness (QED) is 0.420. The molecule has 60 valence electrons. The van der Waals surface area contributed by atoms with Crippen molar-refractivity contribution in [2.45, 2.75) is 38.2 Å². The summed E-state index contributed by atoms with van der Waals surface area (Å²) < 4.78 is 5.07. The fourth-order valence-electron chi connectivity index (χ4n) is 1.50. The van der Waals surface area contributed by atoms with Gasteiger partial charge < -0.3 is 4.74 Å². The van der Waals surface area contributed by atoms with E-state index >= 15 is 0 Å². The lowest BCUT2D eigenvalue weighted by molar-refractivity contribution is -0.151.